The zero-order chi connectivity index (χ0) is 21.7. The number of thiophene rings is 1. The number of anilines is 1. The Morgan fingerprint density at radius 3 is 2.61 bits per heavy atom. The highest BCUT2D eigenvalue weighted by Gasteiger charge is 2.16. The molecule has 0 spiro atoms. The minimum Gasteiger partial charge on any atom is -0.348 e. The van der Waals surface area contributed by atoms with Gasteiger partial charge in [-0.1, -0.05) is 36.4 Å². The smallest absolute Gasteiger partial charge is 0.271 e. The van der Waals surface area contributed by atoms with Crippen LogP contribution in [0, 0.1) is 0 Å². The van der Waals surface area contributed by atoms with Crippen molar-refractivity contribution < 1.29 is 13.2 Å². The van der Waals surface area contributed by atoms with Crippen molar-refractivity contribution in [3.05, 3.63) is 101 Å². The van der Waals surface area contributed by atoms with Gasteiger partial charge in [0.2, 0.25) is 0 Å². The van der Waals surface area contributed by atoms with E-state index in [4.69, 9.17) is 0 Å². The van der Waals surface area contributed by atoms with Gasteiger partial charge in [0.25, 0.3) is 15.9 Å². The molecule has 0 aliphatic carbocycles. The minimum absolute atomic E-state index is 0.219. The Morgan fingerprint density at radius 1 is 1.03 bits per heavy atom. The number of imidazole rings is 1. The Bertz CT molecular complexity index is 1270. The zero-order valence-corrected chi connectivity index (χ0v) is 18.1. The number of benzene rings is 2. The van der Waals surface area contributed by atoms with Crippen LogP contribution in [-0.4, -0.2) is 23.9 Å². The van der Waals surface area contributed by atoms with E-state index in [0.717, 1.165) is 22.5 Å². The Labute approximate surface area is 184 Å². The van der Waals surface area contributed by atoms with Crippen molar-refractivity contribution in [3.8, 4) is 0 Å². The number of aromatic nitrogens is 2. The molecule has 0 aliphatic heterocycles. The van der Waals surface area contributed by atoms with E-state index >= 15 is 0 Å². The van der Waals surface area contributed by atoms with E-state index in [9.17, 15) is 13.2 Å². The number of sulfonamides is 1. The lowest BCUT2D eigenvalue weighted by Gasteiger charge is -2.12. The number of rotatable bonds is 8. The van der Waals surface area contributed by atoms with Gasteiger partial charge in [-0.05, 0) is 40.8 Å². The fourth-order valence-corrected chi connectivity index (χ4v) is 5.13. The average Bonchev–Trinajstić information content (AvgIpc) is 3.47. The highest BCUT2D eigenvalue weighted by Crippen LogP contribution is 2.21. The summed E-state index contributed by atoms with van der Waals surface area (Å²) in [6.45, 7) is 1.01. The Balaban J connectivity index is 1.44. The van der Waals surface area contributed by atoms with Gasteiger partial charge in [-0.3, -0.25) is 9.52 Å². The van der Waals surface area contributed by atoms with E-state index in [1.807, 2.05) is 35.0 Å². The first-order valence-corrected chi connectivity index (χ1v) is 11.8. The lowest BCUT2D eigenvalue weighted by atomic mass is 10.1. The number of nitrogens with zero attached hydrogens (tertiary/aromatic N) is 2. The van der Waals surface area contributed by atoms with Crippen LogP contribution in [0.1, 0.15) is 21.5 Å². The molecule has 2 aromatic carbocycles. The molecule has 7 nitrogen and oxygen atoms in total. The molecule has 1 amide bonds. The first-order valence-electron chi connectivity index (χ1n) is 9.48. The topological polar surface area (TPSA) is 93.1 Å². The lowest BCUT2D eigenvalue weighted by molar-refractivity contribution is 0.0951. The highest BCUT2D eigenvalue weighted by molar-refractivity contribution is 7.94. The summed E-state index contributed by atoms with van der Waals surface area (Å²) in [6, 6.07) is 17.5. The van der Waals surface area contributed by atoms with Crippen LogP contribution in [0.3, 0.4) is 0 Å². The summed E-state index contributed by atoms with van der Waals surface area (Å²) in [4.78, 5) is 16.7. The van der Waals surface area contributed by atoms with Gasteiger partial charge in [-0.25, -0.2) is 13.4 Å². The van der Waals surface area contributed by atoms with Crippen molar-refractivity contribution in [1.29, 1.82) is 0 Å². The number of carbonyl (C=O) groups excluding carboxylic acids is 1. The highest BCUT2D eigenvalue weighted by atomic mass is 32.2. The zero-order valence-electron chi connectivity index (χ0n) is 16.4. The van der Waals surface area contributed by atoms with Crippen molar-refractivity contribution in [2.24, 2.45) is 0 Å². The number of hydrogen-bond acceptors (Lipinski definition) is 5. The van der Waals surface area contributed by atoms with Crippen LogP contribution in [0.5, 0.6) is 0 Å². The Kier molecular flexibility index (Phi) is 6.15. The molecule has 9 heteroatoms. The largest absolute Gasteiger partial charge is 0.348 e. The fourth-order valence-electron chi connectivity index (χ4n) is 3.08. The van der Waals surface area contributed by atoms with Crippen molar-refractivity contribution in [2.45, 2.75) is 17.3 Å². The Morgan fingerprint density at radius 2 is 1.87 bits per heavy atom. The van der Waals surface area contributed by atoms with Crippen LogP contribution < -0.4 is 10.0 Å². The van der Waals surface area contributed by atoms with Crippen LogP contribution >= 0.6 is 11.3 Å². The molecule has 0 radical (unpaired) electrons. The molecule has 0 saturated heterocycles. The number of nitrogens with one attached hydrogen (secondary N) is 2. The molecule has 2 N–H and O–H groups in total. The molecule has 4 rings (SSSR count). The summed E-state index contributed by atoms with van der Waals surface area (Å²) in [5.41, 5.74) is 2.79. The molecule has 0 unspecified atom stereocenters. The van der Waals surface area contributed by atoms with E-state index in [0.29, 0.717) is 24.3 Å². The van der Waals surface area contributed by atoms with Crippen LogP contribution in [0.4, 0.5) is 5.69 Å². The maximum Gasteiger partial charge on any atom is 0.271 e. The molecule has 0 saturated carbocycles. The van der Waals surface area contributed by atoms with E-state index in [1.54, 1.807) is 42.2 Å². The molecular weight excluding hydrogens is 432 g/mol. The summed E-state index contributed by atoms with van der Waals surface area (Å²) in [7, 11) is -3.67. The summed E-state index contributed by atoms with van der Waals surface area (Å²) < 4.78 is 29.5. The normalized spacial score (nSPS) is 11.2. The molecule has 158 valence electrons. The third-order valence-electron chi connectivity index (χ3n) is 4.61. The van der Waals surface area contributed by atoms with Crippen molar-refractivity contribution in [2.75, 3.05) is 4.72 Å². The molecule has 0 fully saturated rings. The molecule has 31 heavy (non-hydrogen) atoms. The molecule has 0 atom stereocenters. The summed E-state index contributed by atoms with van der Waals surface area (Å²) in [5.74, 6) is -0.283. The SMILES string of the molecule is O=C(NCc1ccccc1Cn1ccnc1)c1cccc(NS(=O)(=O)c2cccs2)c1. The third kappa shape index (κ3) is 5.19. The number of hydrogen-bond donors (Lipinski definition) is 2. The third-order valence-corrected chi connectivity index (χ3v) is 7.39. The monoisotopic (exact) mass is 452 g/mol. The summed E-state index contributed by atoms with van der Waals surface area (Å²) >= 11 is 1.13. The second-order valence-electron chi connectivity index (χ2n) is 6.80. The van der Waals surface area contributed by atoms with Crippen molar-refractivity contribution in [1.82, 2.24) is 14.9 Å². The van der Waals surface area contributed by atoms with E-state index < -0.39 is 10.0 Å². The van der Waals surface area contributed by atoms with Crippen LogP contribution in [0.2, 0.25) is 0 Å². The maximum atomic E-state index is 12.7. The standard InChI is InChI=1S/C22H20N4O3S2/c27-22(24-14-18-5-1-2-6-19(18)15-26-11-10-23-16-26)17-7-3-8-20(13-17)25-31(28,29)21-9-4-12-30-21/h1-13,16,25H,14-15H2,(H,24,27). The van der Waals surface area contributed by atoms with Crippen molar-refractivity contribution >= 4 is 33.0 Å². The van der Waals surface area contributed by atoms with Gasteiger partial charge < -0.3 is 9.88 Å². The van der Waals surface area contributed by atoms with Gasteiger partial charge in [-0.2, -0.15) is 0 Å². The van der Waals surface area contributed by atoms with E-state index in [2.05, 4.69) is 15.0 Å². The second kappa shape index (κ2) is 9.15. The summed E-state index contributed by atoms with van der Waals surface area (Å²) in [5, 5.41) is 4.61. The van der Waals surface area contributed by atoms with Crippen LogP contribution in [0.25, 0.3) is 0 Å². The number of carbonyl (C=O) groups is 1. The van der Waals surface area contributed by atoms with Gasteiger partial charge in [0, 0.05) is 36.7 Å². The minimum atomic E-state index is -3.67. The van der Waals surface area contributed by atoms with Gasteiger partial charge in [0.1, 0.15) is 4.21 Å². The van der Waals surface area contributed by atoms with Crippen molar-refractivity contribution in [3.63, 3.8) is 0 Å². The van der Waals surface area contributed by atoms with E-state index in [-0.39, 0.29) is 10.1 Å². The van der Waals surface area contributed by atoms with Crippen LogP contribution in [-0.2, 0) is 23.1 Å². The van der Waals surface area contributed by atoms with Gasteiger partial charge in [-0.15, -0.1) is 11.3 Å². The van der Waals surface area contributed by atoms with Crippen LogP contribution in [0.15, 0.2) is 89.0 Å². The van der Waals surface area contributed by atoms with Gasteiger partial charge >= 0.3 is 0 Å². The number of amides is 1. The van der Waals surface area contributed by atoms with E-state index in [1.165, 1.54) is 12.1 Å². The predicted octanol–water partition coefficient (Wildman–Crippen LogP) is 3.72. The van der Waals surface area contributed by atoms with Gasteiger partial charge in [0.15, 0.2) is 0 Å². The molecular formula is C22H20N4O3S2. The summed E-state index contributed by atoms with van der Waals surface area (Å²) in [6.07, 6.45) is 5.36. The molecule has 0 aliphatic rings. The fraction of sp³-hybridized carbons (Fsp3) is 0.0909. The quantitative estimate of drug-likeness (QED) is 0.426. The second-order valence-corrected chi connectivity index (χ2v) is 9.66. The van der Waals surface area contributed by atoms with Gasteiger partial charge in [0.05, 0.1) is 6.33 Å². The molecule has 0 bridgehead atoms. The molecule has 2 aromatic heterocycles. The Hall–Kier alpha value is -3.43. The predicted molar refractivity (Wildman–Crippen MR) is 121 cm³/mol. The first kappa shape index (κ1) is 20.8. The first-order chi connectivity index (χ1) is 15.0. The maximum absolute atomic E-state index is 12.7. The molecule has 4 aromatic rings. The lowest BCUT2D eigenvalue weighted by Crippen LogP contribution is -2.24. The molecule has 2 heterocycles. The average molecular weight is 453 g/mol.